The molecule has 2 aromatic carbocycles. The number of carbonyl (C=O) groups excluding carboxylic acids is 1. The Balaban J connectivity index is 1.50. The fourth-order valence-corrected chi connectivity index (χ4v) is 3.26. The molecule has 1 aromatic heterocycles. The van der Waals surface area contributed by atoms with Crippen LogP contribution in [0.25, 0.3) is 0 Å². The third-order valence-electron chi connectivity index (χ3n) is 5.06. The number of aryl methyl sites for hydroxylation is 2. The second-order valence-electron chi connectivity index (χ2n) is 8.10. The second-order valence-corrected chi connectivity index (χ2v) is 8.10. The highest BCUT2D eigenvalue weighted by atomic mass is 16.6. The van der Waals surface area contributed by atoms with Gasteiger partial charge in [0.25, 0.3) is 0 Å². The lowest BCUT2D eigenvalue weighted by Gasteiger charge is -2.24. The molecule has 0 fully saturated rings. The number of aromatic nitrogens is 2. The number of ether oxygens (including phenoxy) is 3. The summed E-state index contributed by atoms with van der Waals surface area (Å²) < 4.78 is 22.6. The first-order valence-corrected chi connectivity index (χ1v) is 11.0. The van der Waals surface area contributed by atoms with Crippen molar-refractivity contribution < 1.29 is 23.4 Å². The Bertz CT molecular complexity index is 1100. The van der Waals surface area contributed by atoms with Crippen molar-refractivity contribution in [3.05, 3.63) is 76.1 Å². The van der Waals surface area contributed by atoms with Gasteiger partial charge < -0.3 is 18.6 Å². The smallest absolute Gasteiger partial charge is 0.437 e. The molecule has 8 nitrogen and oxygen atoms in total. The molecule has 0 unspecified atom stereocenters. The van der Waals surface area contributed by atoms with Crippen LogP contribution < -0.4 is 15.2 Å². The lowest BCUT2D eigenvalue weighted by molar-refractivity contribution is -0.158. The molecule has 0 amide bonds. The summed E-state index contributed by atoms with van der Waals surface area (Å²) in [5, 5.41) is 4.31. The van der Waals surface area contributed by atoms with Gasteiger partial charge in [0.15, 0.2) is 5.60 Å². The molecule has 3 rings (SSSR count). The lowest BCUT2D eigenvalue weighted by atomic mass is 10.1. The first-order chi connectivity index (χ1) is 15.8. The third kappa shape index (κ3) is 6.71. The number of hydrogen-bond acceptors (Lipinski definition) is 7. The number of hydrogen-bond donors (Lipinski definition) is 0. The van der Waals surface area contributed by atoms with Gasteiger partial charge in [0, 0.05) is 6.42 Å². The molecule has 1 heterocycles. The van der Waals surface area contributed by atoms with Crippen LogP contribution in [-0.4, -0.2) is 35.1 Å². The van der Waals surface area contributed by atoms with Gasteiger partial charge >= 0.3 is 11.7 Å². The molecular weight excluding hydrogens is 424 g/mol. The Kier molecular flexibility index (Phi) is 7.92. The van der Waals surface area contributed by atoms with E-state index >= 15 is 0 Å². The normalized spacial score (nSPS) is 11.3. The topological polar surface area (TPSA) is 92.8 Å². The third-order valence-corrected chi connectivity index (χ3v) is 5.06. The number of benzene rings is 2. The molecule has 0 aliphatic heterocycles. The molecule has 176 valence electrons. The minimum atomic E-state index is -1.06. The summed E-state index contributed by atoms with van der Waals surface area (Å²) >= 11 is 0. The van der Waals surface area contributed by atoms with E-state index in [-0.39, 0.29) is 0 Å². The standard InChI is InChI=1S/C25H30N2O6/c1-5-31-23(28)25(2,3)33-21-15-9-18(10-16-21)7-6-8-22-26-27(24(29)32-22)17-19-11-13-20(30-4)14-12-19/h9-16H,5-8,17H2,1-4H3. The van der Waals surface area contributed by atoms with Crippen LogP contribution in [-0.2, 0) is 28.9 Å². The zero-order valence-electron chi connectivity index (χ0n) is 19.5. The Morgan fingerprint density at radius 1 is 1.00 bits per heavy atom. The minimum Gasteiger partial charge on any atom is -0.497 e. The van der Waals surface area contributed by atoms with Gasteiger partial charge in [-0.05, 0) is 69.0 Å². The van der Waals surface area contributed by atoms with Crippen LogP contribution in [0.5, 0.6) is 11.5 Å². The van der Waals surface area contributed by atoms with E-state index in [1.165, 1.54) is 4.68 Å². The Labute approximate surface area is 193 Å². The van der Waals surface area contributed by atoms with Crippen LogP contribution in [0.4, 0.5) is 0 Å². The monoisotopic (exact) mass is 454 g/mol. The van der Waals surface area contributed by atoms with Gasteiger partial charge in [-0.2, -0.15) is 4.68 Å². The van der Waals surface area contributed by atoms with Gasteiger partial charge in [-0.3, -0.25) is 0 Å². The van der Waals surface area contributed by atoms with E-state index in [0.717, 1.165) is 29.7 Å². The minimum absolute atomic E-state index is 0.310. The van der Waals surface area contributed by atoms with E-state index < -0.39 is 17.3 Å². The zero-order valence-corrected chi connectivity index (χ0v) is 19.5. The van der Waals surface area contributed by atoms with Crippen molar-refractivity contribution in [2.75, 3.05) is 13.7 Å². The summed E-state index contributed by atoms with van der Waals surface area (Å²) in [5.41, 5.74) is 0.988. The number of carbonyl (C=O) groups is 1. The number of rotatable bonds is 11. The van der Waals surface area contributed by atoms with Crippen LogP contribution in [0, 0.1) is 0 Å². The maximum atomic E-state index is 12.1. The van der Waals surface area contributed by atoms with E-state index in [4.69, 9.17) is 18.6 Å². The Morgan fingerprint density at radius 3 is 2.27 bits per heavy atom. The van der Waals surface area contributed by atoms with Gasteiger partial charge in [-0.15, -0.1) is 5.10 Å². The van der Waals surface area contributed by atoms with Crippen molar-refractivity contribution in [2.45, 2.75) is 52.2 Å². The number of nitrogens with zero attached hydrogens (tertiary/aromatic N) is 2. The van der Waals surface area contributed by atoms with Crippen molar-refractivity contribution in [2.24, 2.45) is 0 Å². The van der Waals surface area contributed by atoms with E-state index in [1.54, 1.807) is 27.9 Å². The molecule has 0 N–H and O–H groups in total. The maximum Gasteiger partial charge on any atom is 0.437 e. The molecule has 33 heavy (non-hydrogen) atoms. The molecule has 0 atom stereocenters. The van der Waals surface area contributed by atoms with Crippen molar-refractivity contribution in [1.29, 1.82) is 0 Å². The van der Waals surface area contributed by atoms with E-state index in [1.807, 2.05) is 48.5 Å². The molecule has 8 heteroatoms. The SMILES string of the molecule is CCOC(=O)C(C)(C)Oc1ccc(CCCc2nn(Cc3ccc(OC)cc3)c(=O)o2)cc1. The van der Waals surface area contributed by atoms with Crippen molar-refractivity contribution in [1.82, 2.24) is 9.78 Å². The van der Waals surface area contributed by atoms with Crippen molar-refractivity contribution >= 4 is 5.97 Å². The fourth-order valence-electron chi connectivity index (χ4n) is 3.26. The molecule has 0 bridgehead atoms. The molecule has 3 aromatic rings. The van der Waals surface area contributed by atoms with Gasteiger partial charge in [-0.25, -0.2) is 9.59 Å². The molecule has 0 aliphatic rings. The highest BCUT2D eigenvalue weighted by molar-refractivity contribution is 5.79. The van der Waals surface area contributed by atoms with Gasteiger partial charge in [0.05, 0.1) is 20.3 Å². The fraction of sp³-hybridized carbons (Fsp3) is 0.400. The predicted octanol–water partition coefficient (Wildman–Crippen LogP) is 3.79. The summed E-state index contributed by atoms with van der Waals surface area (Å²) in [7, 11) is 1.61. The van der Waals surface area contributed by atoms with Crippen LogP contribution >= 0.6 is 0 Å². The lowest BCUT2D eigenvalue weighted by Crippen LogP contribution is -2.39. The molecular formula is C25H30N2O6. The highest BCUT2D eigenvalue weighted by Gasteiger charge is 2.31. The van der Waals surface area contributed by atoms with Crippen LogP contribution in [0.2, 0.25) is 0 Å². The highest BCUT2D eigenvalue weighted by Crippen LogP contribution is 2.21. The predicted molar refractivity (Wildman–Crippen MR) is 123 cm³/mol. The van der Waals surface area contributed by atoms with E-state index in [2.05, 4.69) is 5.10 Å². The second kappa shape index (κ2) is 10.8. The average Bonchev–Trinajstić information content (AvgIpc) is 3.14. The first-order valence-electron chi connectivity index (χ1n) is 11.0. The summed E-state index contributed by atoms with van der Waals surface area (Å²) in [4.78, 5) is 24.1. The Morgan fingerprint density at radius 2 is 1.64 bits per heavy atom. The molecule has 0 spiro atoms. The van der Waals surface area contributed by atoms with E-state index in [9.17, 15) is 9.59 Å². The van der Waals surface area contributed by atoms with Crippen molar-refractivity contribution in [3.8, 4) is 11.5 Å². The van der Waals surface area contributed by atoms with Crippen molar-refractivity contribution in [3.63, 3.8) is 0 Å². The largest absolute Gasteiger partial charge is 0.497 e. The first kappa shape index (κ1) is 24.1. The number of methoxy groups -OCH3 is 1. The van der Waals surface area contributed by atoms with Crippen LogP contribution in [0.3, 0.4) is 0 Å². The quantitative estimate of drug-likeness (QED) is 0.407. The Hall–Kier alpha value is -3.55. The summed E-state index contributed by atoms with van der Waals surface area (Å²) in [5.74, 6) is 0.910. The zero-order chi connectivity index (χ0) is 23.8. The summed E-state index contributed by atoms with van der Waals surface area (Å²) in [6.45, 7) is 5.78. The van der Waals surface area contributed by atoms with Gasteiger partial charge in [-0.1, -0.05) is 24.3 Å². The van der Waals surface area contributed by atoms with E-state index in [0.29, 0.717) is 31.2 Å². The number of esters is 1. The van der Waals surface area contributed by atoms with Crippen LogP contribution in [0.15, 0.2) is 57.7 Å². The molecule has 0 saturated carbocycles. The summed E-state index contributed by atoms with van der Waals surface area (Å²) in [6.07, 6.45) is 2.12. The average molecular weight is 455 g/mol. The summed E-state index contributed by atoms with van der Waals surface area (Å²) in [6, 6.07) is 15.0. The molecule has 0 radical (unpaired) electrons. The maximum absolute atomic E-state index is 12.1. The molecule has 0 aliphatic carbocycles. The van der Waals surface area contributed by atoms with Crippen LogP contribution in [0.1, 0.15) is 44.2 Å². The van der Waals surface area contributed by atoms with Gasteiger partial charge in [0.1, 0.15) is 11.5 Å². The molecule has 0 saturated heterocycles. The van der Waals surface area contributed by atoms with Gasteiger partial charge in [0.2, 0.25) is 5.89 Å².